The van der Waals surface area contributed by atoms with Crippen LogP contribution in [0.3, 0.4) is 0 Å². The molecule has 0 aliphatic carbocycles. The summed E-state index contributed by atoms with van der Waals surface area (Å²) in [5, 5.41) is 0.302. The molecular formula is C17H23NO10. The van der Waals surface area contributed by atoms with E-state index in [2.05, 4.69) is 4.84 Å². The van der Waals surface area contributed by atoms with Gasteiger partial charge in [-0.15, -0.1) is 5.06 Å². The molecule has 1 saturated heterocycles. The van der Waals surface area contributed by atoms with Crippen molar-refractivity contribution in [3.63, 3.8) is 0 Å². The fourth-order valence-electron chi connectivity index (χ4n) is 2.03. The van der Waals surface area contributed by atoms with Gasteiger partial charge in [-0.1, -0.05) is 0 Å². The maximum Gasteiger partial charge on any atom is 0.373 e. The van der Waals surface area contributed by atoms with Gasteiger partial charge in [0.2, 0.25) is 6.10 Å². The van der Waals surface area contributed by atoms with Gasteiger partial charge in [0.15, 0.2) is 6.10 Å². The molecule has 0 radical (unpaired) electrons. The highest BCUT2D eigenvalue weighted by molar-refractivity contribution is 6.01. The van der Waals surface area contributed by atoms with Crippen LogP contribution in [-0.2, 0) is 47.8 Å². The predicted molar refractivity (Wildman–Crippen MR) is 88.7 cm³/mol. The first-order chi connectivity index (χ1) is 12.8. The van der Waals surface area contributed by atoms with E-state index in [0.29, 0.717) is 5.06 Å². The highest BCUT2D eigenvalue weighted by Gasteiger charge is 2.36. The summed E-state index contributed by atoms with van der Waals surface area (Å²) in [7, 11) is 0. The number of hydrogen-bond donors (Lipinski definition) is 0. The summed E-state index contributed by atoms with van der Waals surface area (Å²) in [6.07, 6.45) is -3.99. The summed E-state index contributed by atoms with van der Waals surface area (Å²) in [4.78, 5) is 74.7. The minimum atomic E-state index is -1.64. The van der Waals surface area contributed by atoms with Crippen molar-refractivity contribution in [3.8, 4) is 0 Å². The lowest BCUT2D eigenvalue weighted by atomic mass is 10.2. The Balaban J connectivity index is 2.70. The topological polar surface area (TPSA) is 143 Å². The molecule has 11 heteroatoms. The molecule has 1 aliphatic rings. The van der Waals surface area contributed by atoms with E-state index >= 15 is 0 Å². The fraction of sp³-hybridized carbons (Fsp3) is 0.647. The minimum Gasteiger partial charge on any atom is -0.460 e. The Morgan fingerprint density at radius 1 is 1.00 bits per heavy atom. The maximum absolute atomic E-state index is 12.2. The van der Waals surface area contributed by atoms with Crippen LogP contribution in [0.25, 0.3) is 0 Å². The molecule has 28 heavy (non-hydrogen) atoms. The Morgan fingerprint density at radius 2 is 1.54 bits per heavy atom. The summed E-state index contributed by atoms with van der Waals surface area (Å²) in [6.45, 7) is 7.00. The van der Waals surface area contributed by atoms with E-state index in [4.69, 9.17) is 14.2 Å². The molecule has 0 saturated carbocycles. The first kappa shape index (κ1) is 23.1. The standard InChI is InChI=1S/C17H23NO10/c1-9(15(23)28-18-12(20)6-7-13(18)21)25-16(24)11(26-10(2)19)8-14(22)27-17(3,4)5/h9,11H,6-8H2,1-5H3/t9-,11-/m0/s1. The number of hydroxylamine groups is 2. The molecule has 0 spiro atoms. The summed E-state index contributed by atoms with van der Waals surface area (Å²) in [5.74, 6) is -5.44. The number of hydrogen-bond acceptors (Lipinski definition) is 10. The van der Waals surface area contributed by atoms with E-state index in [9.17, 15) is 28.8 Å². The molecular weight excluding hydrogens is 378 g/mol. The molecule has 0 aromatic rings. The normalized spacial score (nSPS) is 16.2. The predicted octanol–water partition coefficient (Wildman–Crippen LogP) is 0.189. The number of carbonyl (C=O) groups excluding carboxylic acids is 6. The third-order valence-electron chi connectivity index (χ3n) is 3.16. The number of esters is 3. The Bertz CT molecular complexity index is 662. The molecule has 0 aromatic heterocycles. The molecule has 1 fully saturated rings. The smallest absolute Gasteiger partial charge is 0.373 e. The second-order valence-corrected chi connectivity index (χ2v) is 6.96. The fourth-order valence-corrected chi connectivity index (χ4v) is 2.03. The number of amides is 2. The van der Waals surface area contributed by atoms with Crippen LogP contribution in [0.2, 0.25) is 0 Å². The SMILES string of the molecule is CC(=O)O[C@@H](CC(=O)OC(C)(C)C)C(=O)O[C@@H](C)C(=O)ON1C(=O)CCC1=O. The first-order valence-electron chi connectivity index (χ1n) is 8.47. The molecule has 0 aromatic carbocycles. The van der Waals surface area contributed by atoms with Gasteiger partial charge in [0.1, 0.15) is 5.60 Å². The van der Waals surface area contributed by atoms with Crippen molar-refractivity contribution in [2.24, 2.45) is 0 Å². The molecule has 156 valence electrons. The van der Waals surface area contributed by atoms with E-state index in [0.717, 1.165) is 13.8 Å². The van der Waals surface area contributed by atoms with Crippen LogP contribution in [0.4, 0.5) is 0 Å². The number of nitrogens with zero attached hydrogens (tertiary/aromatic N) is 1. The van der Waals surface area contributed by atoms with Gasteiger partial charge >= 0.3 is 23.9 Å². The molecule has 2 amide bonds. The van der Waals surface area contributed by atoms with Gasteiger partial charge in [-0.05, 0) is 27.7 Å². The van der Waals surface area contributed by atoms with Crippen molar-refractivity contribution in [3.05, 3.63) is 0 Å². The quantitative estimate of drug-likeness (QED) is 0.329. The second-order valence-electron chi connectivity index (χ2n) is 6.96. The maximum atomic E-state index is 12.2. The van der Waals surface area contributed by atoms with Crippen LogP contribution < -0.4 is 0 Å². The summed E-state index contributed by atoms with van der Waals surface area (Å²) in [6, 6.07) is 0. The van der Waals surface area contributed by atoms with Crippen molar-refractivity contribution < 1.29 is 47.8 Å². The van der Waals surface area contributed by atoms with Gasteiger partial charge in [-0.3, -0.25) is 19.2 Å². The number of carbonyl (C=O) groups is 6. The lowest BCUT2D eigenvalue weighted by Crippen LogP contribution is -2.40. The zero-order valence-corrected chi connectivity index (χ0v) is 16.3. The average molecular weight is 401 g/mol. The lowest BCUT2D eigenvalue weighted by Gasteiger charge is -2.22. The monoisotopic (exact) mass is 401 g/mol. The van der Waals surface area contributed by atoms with Crippen LogP contribution in [0.15, 0.2) is 0 Å². The van der Waals surface area contributed by atoms with Gasteiger partial charge in [0, 0.05) is 19.8 Å². The van der Waals surface area contributed by atoms with E-state index in [1.807, 2.05) is 0 Å². The second kappa shape index (κ2) is 9.29. The number of imide groups is 1. The molecule has 11 nitrogen and oxygen atoms in total. The Hall–Kier alpha value is -2.98. The first-order valence-corrected chi connectivity index (χ1v) is 8.47. The van der Waals surface area contributed by atoms with Gasteiger partial charge in [-0.25, -0.2) is 9.59 Å². The van der Waals surface area contributed by atoms with E-state index < -0.39 is 59.9 Å². The summed E-state index contributed by atoms with van der Waals surface area (Å²) >= 11 is 0. The van der Waals surface area contributed by atoms with Crippen molar-refractivity contribution >= 4 is 35.7 Å². The van der Waals surface area contributed by atoms with Crippen LogP contribution in [-0.4, -0.2) is 58.6 Å². The molecule has 0 N–H and O–H groups in total. The Kier molecular flexibility index (Phi) is 7.65. The highest BCUT2D eigenvalue weighted by Crippen LogP contribution is 2.15. The molecule has 2 atom stereocenters. The zero-order valence-electron chi connectivity index (χ0n) is 16.3. The molecule has 0 unspecified atom stereocenters. The Labute approximate surface area is 161 Å². The summed E-state index contributed by atoms with van der Waals surface area (Å²) < 4.78 is 14.7. The van der Waals surface area contributed by atoms with Crippen LogP contribution >= 0.6 is 0 Å². The van der Waals surface area contributed by atoms with Crippen LogP contribution in [0, 0.1) is 0 Å². The molecule has 1 heterocycles. The van der Waals surface area contributed by atoms with Gasteiger partial charge < -0.3 is 19.0 Å². The van der Waals surface area contributed by atoms with Gasteiger partial charge in [-0.2, -0.15) is 0 Å². The number of rotatable bonds is 7. The lowest BCUT2D eigenvalue weighted by molar-refractivity contribution is -0.206. The van der Waals surface area contributed by atoms with Crippen molar-refractivity contribution in [2.45, 2.75) is 71.7 Å². The summed E-state index contributed by atoms with van der Waals surface area (Å²) in [5.41, 5.74) is -0.826. The van der Waals surface area contributed by atoms with Crippen molar-refractivity contribution in [2.75, 3.05) is 0 Å². The van der Waals surface area contributed by atoms with E-state index in [1.54, 1.807) is 20.8 Å². The van der Waals surface area contributed by atoms with Crippen LogP contribution in [0.1, 0.15) is 53.9 Å². The van der Waals surface area contributed by atoms with Crippen LogP contribution in [0.5, 0.6) is 0 Å². The zero-order chi connectivity index (χ0) is 21.6. The minimum absolute atomic E-state index is 0.0926. The average Bonchev–Trinajstić information content (AvgIpc) is 2.83. The third-order valence-corrected chi connectivity index (χ3v) is 3.16. The molecule has 1 aliphatic heterocycles. The third kappa shape index (κ3) is 7.33. The van der Waals surface area contributed by atoms with E-state index in [1.165, 1.54) is 0 Å². The van der Waals surface area contributed by atoms with Gasteiger partial charge in [0.25, 0.3) is 11.8 Å². The Morgan fingerprint density at radius 3 is 2.00 bits per heavy atom. The largest absolute Gasteiger partial charge is 0.460 e. The highest BCUT2D eigenvalue weighted by atomic mass is 16.7. The van der Waals surface area contributed by atoms with Gasteiger partial charge in [0.05, 0.1) is 6.42 Å². The molecule has 1 rings (SSSR count). The molecule has 0 bridgehead atoms. The van der Waals surface area contributed by atoms with Crippen molar-refractivity contribution in [1.82, 2.24) is 5.06 Å². The van der Waals surface area contributed by atoms with E-state index in [-0.39, 0.29) is 12.8 Å². The van der Waals surface area contributed by atoms with Crippen molar-refractivity contribution in [1.29, 1.82) is 0 Å². The number of ether oxygens (including phenoxy) is 3.